The Hall–Kier alpha value is -1.59. The molecule has 112 valence electrons. The first-order chi connectivity index (χ1) is 10.2. The van der Waals surface area contributed by atoms with Crippen molar-refractivity contribution in [1.29, 1.82) is 0 Å². The first-order valence-electron chi connectivity index (χ1n) is 6.77. The van der Waals surface area contributed by atoms with Gasteiger partial charge < -0.3 is 14.8 Å². The molecule has 1 unspecified atom stereocenters. The summed E-state index contributed by atoms with van der Waals surface area (Å²) < 4.78 is 11.6. The number of nitrogens with one attached hydrogen (secondary N) is 1. The third-order valence-corrected chi connectivity index (χ3v) is 3.83. The van der Waals surface area contributed by atoms with E-state index in [1.165, 1.54) is 0 Å². The van der Waals surface area contributed by atoms with E-state index in [0.717, 1.165) is 33.8 Å². The fraction of sp³-hybridized carbons (Fsp3) is 0.312. The summed E-state index contributed by atoms with van der Waals surface area (Å²) in [4.78, 5) is 4.48. The number of benzene rings is 1. The molecule has 4 nitrogen and oxygen atoms in total. The molecule has 0 aliphatic heterocycles. The molecular weight excluding hydrogens is 332 g/mol. The molecule has 1 atom stereocenters. The van der Waals surface area contributed by atoms with Gasteiger partial charge in [-0.15, -0.1) is 0 Å². The van der Waals surface area contributed by atoms with Crippen molar-refractivity contribution in [2.45, 2.75) is 13.0 Å². The third kappa shape index (κ3) is 3.54. The number of aromatic nitrogens is 1. The summed E-state index contributed by atoms with van der Waals surface area (Å²) in [5.41, 5.74) is 1.97. The smallest absolute Gasteiger partial charge is 0.142 e. The fourth-order valence-electron chi connectivity index (χ4n) is 2.23. The summed E-state index contributed by atoms with van der Waals surface area (Å²) in [5.74, 6) is 1.58. The SMILES string of the molecule is CCNC(c1ccc(OC)c(Br)c1)c1ncccc1OC. The lowest BCUT2D eigenvalue weighted by molar-refractivity contribution is 0.400. The van der Waals surface area contributed by atoms with Gasteiger partial charge in [0, 0.05) is 6.20 Å². The van der Waals surface area contributed by atoms with Crippen molar-refractivity contribution in [3.63, 3.8) is 0 Å². The van der Waals surface area contributed by atoms with Crippen LogP contribution in [0.25, 0.3) is 0 Å². The Morgan fingerprint density at radius 2 is 1.95 bits per heavy atom. The van der Waals surface area contributed by atoms with E-state index in [0.29, 0.717) is 0 Å². The summed E-state index contributed by atoms with van der Waals surface area (Å²) in [7, 11) is 3.32. The van der Waals surface area contributed by atoms with E-state index in [4.69, 9.17) is 9.47 Å². The summed E-state index contributed by atoms with van der Waals surface area (Å²) in [6, 6.07) is 9.78. The van der Waals surface area contributed by atoms with Crippen LogP contribution in [0.1, 0.15) is 24.2 Å². The van der Waals surface area contributed by atoms with Crippen LogP contribution in [0, 0.1) is 0 Å². The number of ether oxygens (including phenoxy) is 2. The highest BCUT2D eigenvalue weighted by Gasteiger charge is 2.19. The van der Waals surface area contributed by atoms with Crippen LogP contribution >= 0.6 is 15.9 Å². The largest absolute Gasteiger partial charge is 0.496 e. The van der Waals surface area contributed by atoms with Gasteiger partial charge in [-0.1, -0.05) is 13.0 Å². The van der Waals surface area contributed by atoms with E-state index in [9.17, 15) is 0 Å². The van der Waals surface area contributed by atoms with Crippen LogP contribution in [-0.4, -0.2) is 25.7 Å². The Morgan fingerprint density at radius 3 is 2.57 bits per heavy atom. The van der Waals surface area contributed by atoms with Gasteiger partial charge in [-0.25, -0.2) is 0 Å². The summed E-state index contributed by atoms with van der Waals surface area (Å²) in [5, 5.41) is 3.45. The molecule has 1 N–H and O–H groups in total. The predicted molar refractivity (Wildman–Crippen MR) is 87.0 cm³/mol. The minimum Gasteiger partial charge on any atom is -0.496 e. The number of halogens is 1. The van der Waals surface area contributed by atoms with E-state index in [1.807, 2.05) is 30.3 Å². The fourth-order valence-corrected chi connectivity index (χ4v) is 2.79. The predicted octanol–water partition coefficient (Wildman–Crippen LogP) is 3.56. The van der Waals surface area contributed by atoms with Crippen LogP contribution in [0.3, 0.4) is 0 Å². The molecule has 0 aliphatic carbocycles. The monoisotopic (exact) mass is 350 g/mol. The maximum absolute atomic E-state index is 5.43. The normalized spacial score (nSPS) is 12.0. The van der Waals surface area contributed by atoms with Crippen LogP contribution < -0.4 is 14.8 Å². The maximum Gasteiger partial charge on any atom is 0.142 e. The molecule has 1 heterocycles. The molecule has 0 bridgehead atoms. The van der Waals surface area contributed by atoms with E-state index in [1.54, 1.807) is 20.4 Å². The van der Waals surface area contributed by atoms with Crippen molar-refractivity contribution in [1.82, 2.24) is 10.3 Å². The van der Waals surface area contributed by atoms with Gasteiger partial charge in [0.25, 0.3) is 0 Å². The average Bonchev–Trinajstić information content (AvgIpc) is 2.52. The second-order valence-electron chi connectivity index (χ2n) is 4.48. The summed E-state index contributed by atoms with van der Waals surface area (Å²) in [6.45, 7) is 2.90. The second-order valence-corrected chi connectivity index (χ2v) is 5.33. The van der Waals surface area contributed by atoms with Crippen molar-refractivity contribution >= 4 is 15.9 Å². The highest BCUT2D eigenvalue weighted by molar-refractivity contribution is 9.10. The second kappa shape index (κ2) is 7.43. The van der Waals surface area contributed by atoms with Crippen molar-refractivity contribution in [2.75, 3.05) is 20.8 Å². The van der Waals surface area contributed by atoms with E-state index >= 15 is 0 Å². The van der Waals surface area contributed by atoms with Crippen LogP contribution in [0.15, 0.2) is 41.0 Å². The van der Waals surface area contributed by atoms with Gasteiger partial charge in [-0.05, 0) is 52.3 Å². The minimum atomic E-state index is -0.0339. The van der Waals surface area contributed by atoms with Gasteiger partial charge in [0.2, 0.25) is 0 Å². The molecule has 0 fully saturated rings. The van der Waals surface area contributed by atoms with Gasteiger partial charge in [-0.2, -0.15) is 0 Å². The molecule has 2 aromatic rings. The zero-order valence-electron chi connectivity index (χ0n) is 12.4. The molecule has 0 radical (unpaired) electrons. The minimum absolute atomic E-state index is 0.0339. The standard InChI is InChI=1S/C16H19BrN2O2/c1-4-18-15(16-14(21-3)6-5-9-19-16)11-7-8-13(20-2)12(17)10-11/h5-10,15,18H,4H2,1-3H3. The lowest BCUT2D eigenvalue weighted by atomic mass is 10.0. The molecule has 5 heteroatoms. The van der Waals surface area contributed by atoms with Gasteiger partial charge in [-0.3, -0.25) is 4.98 Å². The maximum atomic E-state index is 5.43. The van der Waals surface area contributed by atoms with Gasteiger partial charge in [0.1, 0.15) is 17.2 Å². The molecule has 2 rings (SSSR count). The average molecular weight is 351 g/mol. The Kier molecular flexibility index (Phi) is 5.59. The highest BCUT2D eigenvalue weighted by atomic mass is 79.9. The van der Waals surface area contributed by atoms with Crippen molar-refractivity contribution in [2.24, 2.45) is 0 Å². The lowest BCUT2D eigenvalue weighted by Crippen LogP contribution is -2.23. The number of rotatable bonds is 6. The lowest BCUT2D eigenvalue weighted by Gasteiger charge is -2.20. The number of pyridine rings is 1. The molecule has 0 spiro atoms. The Bertz CT molecular complexity index is 605. The number of nitrogens with zero attached hydrogens (tertiary/aromatic N) is 1. The van der Waals surface area contributed by atoms with Gasteiger partial charge in [0.15, 0.2) is 0 Å². The zero-order valence-corrected chi connectivity index (χ0v) is 14.0. The first kappa shape index (κ1) is 15.8. The molecule has 0 saturated heterocycles. The van der Waals surface area contributed by atoms with Crippen LogP contribution in [-0.2, 0) is 0 Å². The van der Waals surface area contributed by atoms with Gasteiger partial charge in [0.05, 0.1) is 24.7 Å². The highest BCUT2D eigenvalue weighted by Crippen LogP contribution is 2.32. The van der Waals surface area contributed by atoms with Gasteiger partial charge >= 0.3 is 0 Å². The molecule has 21 heavy (non-hydrogen) atoms. The van der Waals surface area contributed by atoms with Crippen LogP contribution in [0.4, 0.5) is 0 Å². The number of hydrogen-bond donors (Lipinski definition) is 1. The molecular formula is C16H19BrN2O2. The van der Waals surface area contributed by atoms with Crippen molar-refractivity contribution in [3.8, 4) is 11.5 Å². The summed E-state index contributed by atoms with van der Waals surface area (Å²) >= 11 is 3.53. The molecule has 0 saturated carbocycles. The summed E-state index contributed by atoms with van der Waals surface area (Å²) in [6.07, 6.45) is 1.78. The molecule has 0 aliphatic rings. The van der Waals surface area contributed by atoms with Crippen molar-refractivity contribution < 1.29 is 9.47 Å². The number of hydrogen-bond acceptors (Lipinski definition) is 4. The van der Waals surface area contributed by atoms with E-state index < -0.39 is 0 Å². The molecule has 0 amide bonds. The Balaban J connectivity index is 2.45. The quantitative estimate of drug-likeness (QED) is 0.864. The first-order valence-corrected chi connectivity index (χ1v) is 7.56. The Morgan fingerprint density at radius 1 is 1.19 bits per heavy atom. The van der Waals surface area contributed by atoms with Crippen LogP contribution in [0.2, 0.25) is 0 Å². The Labute approximate surface area is 133 Å². The molecule has 1 aromatic heterocycles. The zero-order chi connectivity index (χ0) is 15.2. The number of methoxy groups -OCH3 is 2. The van der Waals surface area contributed by atoms with Crippen molar-refractivity contribution in [3.05, 3.63) is 52.3 Å². The van der Waals surface area contributed by atoms with E-state index in [-0.39, 0.29) is 6.04 Å². The topological polar surface area (TPSA) is 43.4 Å². The molecule has 1 aromatic carbocycles. The third-order valence-electron chi connectivity index (χ3n) is 3.21. The van der Waals surface area contributed by atoms with Crippen LogP contribution in [0.5, 0.6) is 11.5 Å². The van der Waals surface area contributed by atoms with E-state index in [2.05, 4.69) is 33.2 Å².